The van der Waals surface area contributed by atoms with E-state index in [2.05, 4.69) is 4.99 Å². The molecule has 3 aromatic rings. The second kappa shape index (κ2) is 7.81. The molecule has 7 heteroatoms. The number of benzene rings is 3. The first-order chi connectivity index (χ1) is 15.1. The van der Waals surface area contributed by atoms with Gasteiger partial charge in [0, 0.05) is 10.6 Å². The third-order valence-electron chi connectivity index (χ3n) is 4.99. The second-order valence-corrected chi connectivity index (χ2v) is 7.36. The first kappa shape index (κ1) is 19.2. The summed E-state index contributed by atoms with van der Waals surface area (Å²) in [5, 5.41) is 0.612. The van der Waals surface area contributed by atoms with Crippen LogP contribution in [-0.2, 0) is 4.79 Å². The van der Waals surface area contributed by atoms with E-state index in [4.69, 9.17) is 25.8 Å². The van der Waals surface area contributed by atoms with Crippen LogP contribution >= 0.6 is 11.6 Å². The number of carbonyl (C=O) groups is 1. The molecule has 0 aromatic heterocycles. The zero-order valence-electron chi connectivity index (χ0n) is 16.5. The van der Waals surface area contributed by atoms with E-state index in [1.807, 2.05) is 54.6 Å². The van der Waals surface area contributed by atoms with Crippen LogP contribution in [0.25, 0.3) is 6.08 Å². The van der Waals surface area contributed by atoms with Crippen LogP contribution in [0.2, 0.25) is 5.02 Å². The number of ether oxygens (including phenoxy) is 3. The average Bonchev–Trinajstić information content (AvgIpc) is 3.39. The standard InChI is InChI=1S/C24H17ClN2O4/c1-29-19-9-7-18(8-10-19)27-23(16-3-5-17(25)6-4-16)26-20(24(27)28)12-15-2-11-21-22(13-15)31-14-30-21/h2-13H,14H2,1H3/b20-12+. The van der Waals surface area contributed by atoms with Gasteiger partial charge in [-0.1, -0.05) is 17.7 Å². The number of anilines is 1. The van der Waals surface area contributed by atoms with E-state index in [9.17, 15) is 4.79 Å². The Morgan fingerprint density at radius 2 is 1.74 bits per heavy atom. The quantitative estimate of drug-likeness (QED) is 0.549. The van der Waals surface area contributed by atoms with Crippen molar-refractivity contribution in [2.24, 2.45) is 4.99 Å². The van der Waals surface area contributed by atoms with Gasteiger partial charge in [-0.2, -0.15) is 0 Å². The maximum atomic E-state index is 13.4. The Morgan fingerprint density at radius 3 is 2.48 bits per heavy atom. The number of hydrogen-bond donors (Lipinski definition) is 0. The molecule has 0 saturated heterocycles. The molecule has 31 heavy (non-hydrogen) atoms. The molecule has 0 saturated carbocycles. The molecule has 0 unspecified atom stereocenters. The van der Waals surface area contributed by atoms with Crippen LogP contribution < -0.4 is 19.1 Å². The van der Waals surface area contributed by atoms with Crippen molar-refractivity contribution in [3.63, 3.8) is 0 Å². The maximum absolute atomic E-state index is 13.4. The fourth-order valence-electron chi connectivity index (χ4n) is 3.44. The predicted molar refractivity (Wildman–Crippen MR) is 119 cm³/mol. The molecule has 2 aliphatic rings. The van der Waals surface area contributed by atoms with Crippen molar-refractivity contribution < 1.29 is 19.0 Å². The molecule has 0 atom stereocenters. The van der Waals surface area contributed by atoms with Crippen molar-refractivity contribution in [3.8, 4) is 17.2 Å². The van der Waals surface area contributed by atoms with Crippen LogP contribution in [0.15, 0.2) is 77.4 Å². The number of aliphatic imine (C=N–C) groups is 1. The van der Waals surface area contributed by atoms with E-state index in [0.717, 1.165) is 11.1 Å². The Hall–Kier alpha value is -3.77. The Kier molecular flexibility index (Phi) is 4.84. The molecule has 0 spiro atoms. The monoisotopic (exact) mass is 432 g/mol. The Bertz CT molecular complexity index is 1220. The van der Waals surface area contributed by atoms with Crippen molar-refractivity contribution in [1.82, 2.24) is 0 Å². The number of methoxy groups -OCH3 is 1. The number of rotatable bonds is 4. The summed E-state index contributed by atoms with van der Waals surface area (Å²) >= 11 is 6.05. The molecule has 3 aromatic carbocycles. The van der Waals surface area contributed by atoms with Crippen LogP contribution in [0, 0.1) is 0 Å². The average molecular weight is 433 g/mol. The van der Waals surface area contributed by atoms with Gasteiger partial charge in [0.15, 0.2) is 11.5 Å². The first-order valence-electron chi connectivity index (χ1n) is 9.57. The molecule has 1 amide bonds. The molecule has 2 aliphatic heterocycles. The van der Waals surface area contributed by atoms with Crippen LogP contribution in [-0.4, -0.2) is 25.6 Å². The highest BCUT2D eigenvalue weighted by molar-refractivity contribution is 6.34. The van der Waals surface area contributed by atoms with Gasteiger partial charge in [0.1, 0.15) is 17.3 Å². The Labute approximate surface area is 183 Å². The SMILES string of the molecule is COc1ccc(N2C(=O)/C(=C\c3ccc4c(c3)OCO4)N=C2c2ccc(Cl)cc2)cc1. The fourth-order valence-corrected chi connectivity index (χ4v) is 3.57. The summed E-state index contributed by atoms with van der Waals surface area (Å²) in [4.78, 5) is 19.6. The molecule has 0 fully saturated rings. The van der Waals surface area contributed by atoms with Gasteiger partial charge in [0.05, 0.1) is 12.8 Å². The van der Waals surface area contributed by atoms with Gasteiger partial charge in [-0.3, -0.25) is 9.69 Å². The minimum atomic E-state index is -0.229. The minimum absolute atomic E-state index is 0.193. The smallest absolute Gasteiger partial charge is 0.282 e. The summed E-state index contributed by atoms with van der Waals surface area (Å²) in [7, 11) is 1.60. The molecular weight excluding hydrogens is 416 g/mol. The third kappa shape index (κ3) is 3.62. The molecule has 154 valence electrons. The molecule has 6 nitrogen and oxygen atoms in total. The van der Waals surface area contributed by atoms with Gasteiger partial charge in [-0.15, -0.1) is 0 Å². The zero-order chi connectivity index (χ0) is 21.4. The number of amides is 1. The Balaban J connectivity index is 1.57. The topological polar surface area (TPSA) is 60.4 Å². The highest BCUT2D eigenvalue weighted by atomic mass is 35.5. The van der Waals surface area contributed by atoms with Crippen molar-refractivity contribution in [2.45, 2.75) is 0 Å². The lowest BCUT2D eigenvalue weighted by Gasteiger charge is -2.19. The van der Waals surface area contributed by atoms with Crippen LogP contribution in [0.3, 0.4) is 0 Å². The van der Waals surface area contributed by atoms with Gasteiger partial charge in [-0.05, 0) is 72.3 Å². The molecule has 0 N–H and O–H groups in total. The third-order valence-corrected chi connectivity index (χ3v) is 5.25. The normalized spacial score (nSPS) is 16.1. The first-order valence-corrected chi connectivity index (χ1v) is 9.95. The zero-order valence-corrected chi connectivity index (χ0v) is 17.3. The maximum Gasteiger partial charge on any atom is 0.282 e. The molecule has 0 bridgehead atoms. The summed E-state index contributed by atoms with van der Waals surface area (Å²) in [6, 6.07) is 20.0. The number of nitrogens with zero attached hydrogens (tertiary/aromatic N) is 2. The van der Waals surface area contributed by atoms with Crippen molar-refractivity contribution >= 4 is 35.1 Å². The number of fused-ring (bicyclic) bond motifs is 1. The van der Waals surface area contributed by atoms with Gasteiger partial charge >= 0.3 is 0 Å². The number of hydrogen-bond acceptors (Lipinski definition) is 5. The molecular formula is C24H17ClN2O4. The van der Waals surface area contributed by atoms with Gasteiger partial charge in [-0.25, -0.2) is 4.99 Å². The van der Waals surface area contributed by atoms with E-state index in [-0.39, 0.29) is 12.7 Å². The van der Waals surface area contributed by atoms with E-state index in [1.54, 1.807) is 30.2 Å². The molecule has 0 aliphatic carbocycles. The highest BCUT2D eigenvalue weighted by Crippen LogP contribution is 2.34. The minimum Gasteiger partial charge on any atom is -0.497 e. The summed E-state index contributed by atoms with van der Waals surface area (Å²) in [6.45, 7) is 0.193. The van der Waals surface area contributed by atoms with Crippen LogP contribution in [0.5, 0.6) is 17.2 Å². The van der Waals surface area contributed by atoms with Crippen molar-refractivity contribution in [2.75, 3.05) is 18.8 Å². The molecule has 2 heterocycles. The lowest BCUT2D eigenvalue weighted by atomic mass is 10.1. The van der Waals surface area contributed by atoms with Crippen molar-refractivity contribution in [3.05, 3.63) is 88.6 Å². The van der Waals surface area contributed by atoms with Crippen LogP contribution in [0.4, 0.5) is 5.69 Å². The highest BCUT2D eigenvalue weighted by Gasteiger charge is 2.32. The Morgan fingerprint density at radius 1 is 1.00 bits per heavy atom. The van der Waals surface area contributed by atoms with Gasteiger partial charge in [0.2, 0.25) is 6.79 Å². The second-order valence-electron chi connectivity index (χ2n) is 6.92. The summed E-state index contributed by atoms with van der Waals surface area (Å²) in [5.41, 5.74) is 2.58. The van der Waals surface area contributed by atoms with E-state index in [0.29, 0.717) is 39.5 Å². The summed E-state index contributed by atoms with van der Waals surface area (Å²) in [5.74, 6) is 2.34. The number of carbonyl (C=O) groups excluding carboxylic acids is 1. The van der Waals surface area contributed by atoms with E-state index >= 15 is 0 Å². The lowest BCUT2D eigenvalue weighted by Crippen LogP contribution is -2.32. The molecule has 5 rings (SSSR count). The summed E-state index contributed by atoms with van der Waals surface area (Å²) in [6.07, 6.45) is 1.74. The fraction of sp³-hybridized carbons (Fsp3) is 0.0833. The van der Waals surface area contributed by atoms with Crippen LogP contribution in [0.1, 0.15) is 11.1 Å². The predicted octanol–water partition coefficient (Wildman–Crippen LogP) is 4.91. The largest absolute Gasteiger partial charge is 0.497 e. The van der Waals surface area contributed by atoms with Gasteiger partial charge < -0.3 is 14.2 Å². The lowest BCUT2D eigenvalue weighted by molar-refractivity contribution is -0.113. The number of amidine groups is 1. The van der Waals surface area contributed by atoms with E-state index < -0.39 is 0 Å². The number of halogens is 1. The van der Waals surface area contributed by atoms with Crippen molar-refractivity contribution in [1.29, 1.82) is 0 Å². The van der Waals surface area contributed by atoms with Gasteiger partial charge in [0.25, 0.3) is 5.91 Å². The van der Waals surface area contributed by atoms with E-state index in [1.165, 1.54) is 0 Å². The molecule has 0 radical (unpaired) electrons. The summed E-state index contributed by atoms with van der Waals surface area (Å²) < 4.78 is 16.0.